The molecule has 1 aliphatic carbocycles. The number of hydrogen-bond donors (Lipinski definition) is 0. The Morgan fingerprint density at radius 3 is 1.79 bits per heavy atom. The molecule has 0 bridgehead atoms. The number of para-hydroxylation sites is 3. The summed E-state index contributed by atoms with van der Waals surface area (Å²) in [5, 5.41) is 3.25. The maximum Gasteiger partial charge on any atom is 0.0651 e. The summed E-state index contributed by atoms with van der Waals surface area (Å²) in [6.45, 7) is 0. The summed E-state index contributed by atoms with van der Waals surface area (Å²) < 4.78 is 158. The maximum atomic E-state index is 10.2. The van der Waals surface area contributed by atoms with E-state index in [1.165, 1.54) is 5.56 Å². The largest absolute Gasteiger partial charge is 0.333 e. The van der Waals surface area contributed by atoms with Crippen LogP contribution in [0.15, 0.2) is 236 Å². The van der Waals surface area contributed by atoms with E-state index < -0.39 is 136 Å². The molecule has 9 aromatic carbocycles. The van der Waals surface area contributed by atoms with E-state index in [1.54, 1.807) is 22.8 Å². The molecule has 2 atom stereocenters. The molecule has 63 heavy (non-hydrogen) atoms. The van der Waals surface area contributed by atoms with E-state index in [0.717, 1.165) is 33.2 Å². The molecular formula is C60H41N3. The Labute approximate surface area is 390 Å². The molecule has 0 fully saturated rings. The Balaban J connectivity index is 1.12. The van der Waals surface area contributed by atoms with Gasteiger partial charge in [-0.15, -0.1) is 0 Å². The molecule has 2 unspecified atom stereocenters. The van der Waals surface area contributed by atoms with Crippen molar-refractivity contribution in [2.24, 2.45) is 0 Å². The second kappa shape index (κ2) is 14.2. The summed E-state index contributed by atoms with van der Waals surface area (Å²) in [5.41, 5.74) is 2.68. The Morgan fingerprint density at radius 2 is 0.984 bits per heavy atom. The number of allylic oxidation sites excluding steroid dienone is 2. The third kappa shape index (κ3) is 5.60. The predicted octanol–water partition coefficient (Wildman–Crippen LogP) is 15.6. The molecule has 13 rings (SSSR count). The number of nitrogens with zero attached hydrogens (tertiary/aromatic N) is 3. The van der Waals surface area contributed by atoms with E-state index in [-0.39, 0.29) is 17.6 Å². The van der Waals surface area contributed by atoms with Crippen LogP contribution in [0.5, 0.6) is 0 Å². The molecule has 3 heterocycles. The summed E-state index contributed by atoms with van der Waals surface area (Å²) in [6.07, 6.45) is 8.64. The number of anilines is 2. The van der Waals surface area contributed by atoms with Crippen LogP contribution < -0.4 is 4.90 Å². The Bertz CT molecular complexity index is 4610. The van der Waals surface area contributed by atoms with Crippen LogP contribution in [0.4, 0.5) is 11.4 Å². The second-order valence-corrected chi connectivity index (χ2v) is 15.5. The molecule has 11 aromatic rings. The van der Waals surface area contributed by atoms with Crippen molar-refractivity contribution >= 4 is 55.0 Å². The third-order valence-electron chi connectivity index (χ3n) is 12.1. The molecule has 0 N–H and O–H groups in total. The molecule has 0 saturated carbocycles. The topological polar surface area (TPSA) is 13.1 Å². The minimum absolute atomic E-state index is 0.0635. The smallest absolute Gasteiger partial charge is 0.0651 e. The van der Waals surface area contributed by atoms with E-state index in [0.29, 0.717) is 27.5 Å². The Morgan fingerprint density at radius 1 is 0.397 bits per heavy atom. The summed E-state index contributed by atoms with van der Waals surface area (Å²) in [4.78, 5) is 2.38. The monoisotopic (exact) mass is 820 g/mol. The van der Waals surface area contributed by atoms with Crippen molar-refractivity contribution in [3.05, 3.63) is 242 Å². The van der Waals surface area contributed by atoms with Crippen molar-refractivity contribution in [3.63, 3.8) is 0 Å². The van der Waals surface area contributed by atoms with Crippen molar-refractivity contribution in [1.29, 1.82) is 0 Å². The molecule has 3 nitrogen and oxygen atoms in total. The van der Waals surface area contributed by atoms with Gasteiger partial charge in [0.1, 0.15) is 0 Å². The van der Waals surface area contributed by atoms with Gasteiger partial charge >= 0.3 is 0 Å². The van der Waals surface area contributed by atoms with E-state index in [9.17, 15) is 6.85 Å². The predicted molar refractivity (Wildman–Crippen MR) is 265 cm³/mol. The van der Waals surface area contributed by atoms with E-state index in [4.69, 9.17) is 16.4 Å². The van der Waals surface area contributed by atoms with E-state index in [1.807, 2.05) is 42.5 Å². The third-order valence-corrected chi connectivity index (χ3v) is 12.1. The van der Waals surface area contributed by atoms with Gasteiger partial charge in [-0.3, -0.25) is 0 Å². The first-order chi connectivity index (χ1) is 38.4. The van der Waals surface area contributed by atoms with Gasteiger partial charge in [0.15, 0.2) is 0 Å². The molecule has 3 heteroatoms. The van der Waals surface area contributed by atoms with Crippen molar-refractivity contribution in [1.82, 2.24) is 9.13 Å². The van der Waals surface area contributed by atoms with Crippen LogP contribution in [0.25, 0.3) is 88.4 Å². The maximum absolute atomic E-state index is 10.2. The highest BCUT2D eigenvalue weighted by Gasteiger charge is 2.37. The molecule has 0 saturated heterocycles. The molecule has 0 spiro atoms. The number of benzene rings is 9. The zero-order valence-electron chi connectivity index (χ0n) is 50.2. The van der Waals surface area contributed by atoms with Crippen LogP contribution in [0, 0.1) is 0 Å². The normalized spacial score (nSPS) is 19.2. The van der Waals surface area contributed by atoms with Gasteiger partial charge in [-0.1, -0.05) is 164 Å². The molecule has 2 aromatic heterocycles. The minimum atomic E-state index is -0.880. The van der Waals surface area contributed by atoms with Crippen molar-refractivity contribution in [2.45, 2.75) is 12.0 Å². The average Bonchev–Trinajstić information content (AvgIpc) is 4.13. The average molecular weight is 821 g/mol. The zero-order valence-corrected chi connectivity index (χ0v) is 33.2. The van der Waals surface area contributed by atoms with E-state index >= 15 is 0 Å². The van der Waals surface area contributed by atoms with Gasteiger partial charge in [0.25, 0.3) is 0 Å². The summed E-state index contributed by atoms with van der Waals surface area (Å²) in [7, 11) is 0. The van der Waals surface area contributed by atoms with Crippen LogP contribution in [0.2, 0.25) is 0 Å². The highest BCUT2D eigenvalue weighted by Crippen LogP contribution is 2.49. The fraction of sp³-hybridized carbons (Fsp3) is 0.0333. The zero-order chi connectivity index (χ0) is 56.2. The Hall–Kier alpha value is -8.14. The quantitative estimate of drug-likeness (QED) is 0.163. The van der Waals surface area contributed by atoms with Gasteiger partial charge in [0.05, 0.1) is 57.1 Å². The van der Waals surface area contributed by atoms with Gasteiger partial charge in [-0.2, -0.15) is 0 Å². The first-order valence-corrected chi connectivity index (χ1v) is 20.5. The van der Waals surface area contributed by atoms with Gasteiger partial charge < -0.3 is 14.0 Å². The SMILES string of the molecule is [2H]c1c([2H])c([2H])c(-c2c([2H])c([2H])c([2H])c(-c3c([2H])c(-c4c([2H])c([2H])c([2H])c([2H])c4[2H])c([2H])c(-n4c5ccccc5c5c(-n6c7ccccc7c7cc(N8c9ccccc9C9C=CC=CC98)ccc76)cccc54)c3[2H])c2[2H])c([2H])c1[2H]. The minimum Gasteiger partial charge on any atom is -0.333 e. The van der Waals surface area contributed by atoms with Crippen LogP contribution in [-0.2, 0) is 0 Å². The van der Waals surface area contributed by atoms with Gasteiger partial charge in [0.2, 0.25) is 0 Å². The van der Waals surface area contributed by atoms with Crippen molar-refractivity contribution in [3.8, 4) is 44.8 Å². The first kappa shape index (κ1) is 22.6. The van der Waals surface area contributed by atoms with Crippen molar-refractivity contribution < 1.29 is 23.3 Å². The Kier molecular flexibility index (Phi) is 5.11. The van der Waals surface area contributed by atoms with E-state index in [2.05, 4.69) is 82.3 Å². The van der Waals surface area contributed by atoms with Crippen LogP contribution >= 0.6 is 0 Å². The number of hydrogen-bond acceptors (Lipinski definition) is 1. The molecule has 0 radical (unpaired) electrons. The number of rotatable bonds is 6. The molecule has 0 amide bonds. The van der Waals surface area contributed by atoms with Gasteiger partial charge in [-0.25, -0.2) is 0 Å². The van der Waals surface area contributed by atoms with Gasteiger partial charge in [0, 0.05) is 44.5 Å². The van der Waals surface area contributed by atoms with Crippen LogP contribution in [0.3, 0.4) is 0 Å². The first-order valence-electron chi connectivity index (χ1n) is 29.0. The fourth-order valence-corrected chi connectivity index (χ4v) is 9.55. The fourth-order valence-electron chi connectivity index (χ4n) is 9.55. The van der Waals surface area contributed by atoms with Gasteiger partial charge in [-0.05, 0) is 112 Å². The standard InChI is InChI=1S/C60H41N3/c1-3-17-40(18-4-1)42-21-15-22-43(35-42)45-36-44(41-19-5-2-6-20-41)37-47(38-45)62-56-30-14-10-26-51(56)60-58(62)31-16-32-59(60)63-55-29-13-9-25-50(55)52-39-46(33-34-57(52)63)61-53-27-11-7-23-48(53)49-24-8-12-28-54(49)61/h1-39,48,53H/i1D,2D,3D,4D,5D,6D,15D,17D,18D,19D,20D,21D,22D,35D,36D,37D,38D. The lowest BCUT2D eigenvalue weighted by atomic mass is 9.91. The molecular weight excluding hydrogens is 763 g/mol. The van der Waals surface area contributed by atoms with Crippen LogP contribution in [0.1, 0.15) is 34.8 Å². The molecule has 1 aliphatic heterocycles. The van der Waals surface area contributed by atoms with Crippen molar-refractivity contribution in [2.75, 3.05) is 4.90 Å². The summed E-state index contributed by atoms with van der Waals surface area (Å²) in [6, 6.07) is 22.4. The molecule has 2 aliphatic rings. The lowest BCUT2D eigenvalue weighted by molar-refractivity contribution is 0.745. The second-order valence-electron chi connectivity index (χ2n) is 15.5. The highest BCUT2D eigenvalue weighted by atomic mass is 15.2. The highest BCUT2D eigenvalue weighted by molar-refractivity contribution is 6.17. The lowest BCUT2D eigenvalue weighted by Gasteiger charge is -2.28. The molecule has 296 valence electrons. The number of fused-ring (bicyclic) bond motifs is 9. The summed E-state index contributed by atoms with van der Waals surface area (Å²) in [5.74, 6) is 0.175. The number of aromatic nitrogens is 2. The van der Waals surface area contributed by atoms with Crippen LogP contribution in [-0.4, -0.2) is 15.2 Å². The lowest BCUT2D eigenvalue weighted by Crippen LogP contribution is -2.28. The summed E-state index contributed by atoms with van der Waals surface area (Å²) >= 11 is 0.